The lowest BCUT2D eigenvalue weighted by Gasteiger charge is -2.37. The number of benzene rings is 1. The summed E-state index contributed by atoms with van der Waals surface area (Å²) in [6, 6.07) is 11.6. The van der Waals surface area contributed by atoms with Crippen molar-refractivity contribution < 1.29 is 9.53 Å². The van der Waals surface area contributed by atoms with Crippen molar-refractivity contribution in [2.75, 3.05) is 49.6 Å². The Morgan fingerprint density at radius 2 is 1.81 bits per heavy atom. The van der Waals surface area contributed by atoms with Gasteiger partial charge in [-0.25, -0.2) is 4.98 Å². The molecule has 3 heterocycles. The summed E-state index contributed by atoms with van der Waals surface area (Å²) in [7, 11) is 1.61. The summed E-state index contributed by atoms with van der Waals surface area (Å²) >= 11 is 0. The molecule has 4 rings (SSSR count). The molecule has 0 radical (unpaired) electrons. The molecular formula is C19H23N5O2. The van der Waals surface area contributed by atoms with E-state index in [1.807, 2.05) is 35.2 Å². The van der Waals surface area contributed by atoms with Crippen molar-refractivity contribution in [3.05, 3.63) is 42.6 Å². The van der Waals surface area contributed by atoms with Gasteiger partial charge in [-0.1, -0.05) is 18.2 Å². The minimum Gasteiger partial charge on any atom is -0.481 e. The van der Waals surface area contributed by atoms with E-state index < -0.39 is 0 Å². The summed E-state index contributed by atoms with van der Waals surface area (Å²) in [6.07, 6.45) is 2.59. The fourth-order valence-electron chi connectivity index (χ4n) is 3.70. The van der Waals surface area contributed by atoms with Gasteiger partial charge < -0.3 is 14.5 Å². The standard InChI is InChI=1S/C19H23N5O2/c1-26-17-7-9-20-19(21-17)23-13-11-22(12-14-23)16-8-10-24(18(16)25)15-5-3-2-4-6-15/h2-7,9,16H,8,10-14H2,1H3. The Balaban J connectivity index is 1.38. The van der Waals surface area contributed by atoms with E-state index in [4.69, 9.17) is 4.74 Å². The number of aromatic nitrogens is 2. The van der Waals surface area contributed by atoms with E-state index in [-0.39, 0.29) is 11.9 Å². The largest absolute Gasteiger partial charge is 0.481 e. The quantitative estimate of drug-likeness (QED) is 0.828. The number of carbonyl (C=O) groups excluding carboxylic acids is 1. The number of methoxy groups -OCH3 is 1. The van der Waals surface area contributed by atoms with E-state index in [0.717, 1.165) is 44.8 Å². The lowest BCUT2D eigenvalue weighted by Crippen LogP contribution is -2.53. The first-order valence-electron chi connectivity index (χ1n) is 8.99. The highest BCUT2D eigenvalue weighted by molar-refractivity contribution is 5.99. The zero-order chi connectivity index (χ0) is 17.9. The van der Waals surface area contributed by atoms with Gasteiger partial charge in [0.1, 0.15) is 0 Å². The fraction of sp³-hybridized carbons (Fsp3) is 0.421. The number of hydrogen-bond donors (Lipinski definition) is 0. The maximum atomic E-state index is 12.9. The highest BCUT2D eigenvalue weighted by atomic mass is 16.5. The second kappa shape index (κ2) is 7.29. The average Bonchev–Trinajstić information content (AvgIpc) is 3.10. The van der Waals surface area contributed by atoms with Crippen LogP contribution < -0.4 is 14.5 Å². The Labute approximate surface area is 153 Å². The molecule has 2 aromatic rings. The van der Waals surface area contributed by atoms with Crippen molar-refractivity contribution in [1.29, 1.82) is 0 Å². The van der Waals surface area contributed by atoms with Crippen LogP contribution in [0.2, 0.25) is 0 Å². The second-order valence-corrected chi connectivity index (χ2v) is 6.55. The molecule has 2 fully saturated rings. The number of para-hydroxylation sites is 1. The number of anilines is 2. The molecule has 0 aliphatic carbocycles. The van der Waals surface area contributed by atoms with Crippen LogP contribution in [-0.2, 0) is 4.79 Å². The summed E-state index contributed by atoms with van der Waals surface area (Å²) < 4.78 is 5.18. The molecule has 7 heteroatoms. The molecule has 136 valence electrons. The van der Waals surface area contributed by atoms with Gasteiger partial charge in [0.25, 0.3) is 0 Å². The lowest BCUT2D eigenvalue weighted by molar-refractivity contribution is -0.121. The van der Waals surface area contributed by atoms with Crippen LogP contribution in [0.3, 0.4) is 0 Å². The molecule has 1 atom stereocenters. The number of hydrogen-bond acceptors (Lipinski definition) is 6. The van der Waals surface area contributed by atoms with Crippen molar-refractivity contribution in [2.24, 2.45) is 0 Å². The minimum atomic E-state index is -0.0245. The number of rotatable bonds is 4. The van der Waals surface area contributed by atoms with Gasteiger partial charge in [-0.15, -0.1) is 0 Å². The van der Waals surface area contributed by atoms with Crippen molar-refractivity contribution >= 4 is 17.5 Å². The summed E-state index contributed by atoms with van der Waals surface area (Å²) in [4.78, 5) is 28.0. The van der Waals surface area contributed by atoms with Gasteiger partial charge in [0.15, 0.2) is 0 Å². The molecule has 2 saturated heterocycles. The van der Waals surface area contributed by atoms with Crippen LogP contribution in [0.15, 0.2) is 42.6 Å². The van der Waals surface area contributed by atoms with Gasteiger partial charge in [0.05, 0.1) is 13.2 Å². The number of nitrogens with zero attached hydrogens (tertiary/aromatic N) is 5. The van der Waals surface area contributed by atoms with Gasteiger partial charge in [0.2, 0.25) is 17.7 Å². The Hall–Kier alpha value is -2.67. The first-order chi connectivity index (χ1) is 12.8. The zero-order valence-corrected chi connectivity index (χ0v) is 14.9. The number of piperazine rings is 1. The summed E-state index contributed by atoms with van der Waals surface area (Å²) in [5.41, 5.74) is 0.989. The smallest absolute Gasteiger partial charge is 0.244 e. The van der Waals surface area contributed by atoms with Crippen LogP contribution >= 0.6 is 0 Å². The van der Waals surface area contributed by atoms with Crippen LogP contribution in [-0.4, -0.2) is 66.7 Å². The molecule has 1 aromatic carbocycles. The molecule has 1 amide bonds. The summed E-state index contributed by atoms with van der Waals surface area (Å²) in [5.74, 6) is 1.47. The maximum absolute atomic E-state index is 12.9. The monoisotopic (exact) mass is 353 g/mol. The molecule has 0 bridgehead atoms. The van der Waals surface area contributed by atoms with Crippen molar-refractivity contribution in [3.8, 4) is 5.88 Å². The van der Waals surface area contributed by atoms with Gasteiger partial charge in [0, 0.05) is 50.7 Å². The Bertz CT molecular complexity index is 762. The third kappa shape index (κ3) is 3.22. The molecule has 0 N–H and O–H groups in total. The van der Waals surface area contributed by atoms with Crippen molar-refractivity contribution in [3.63, 3.8) is 0 Å². The average molecular weight is 353 g/mol. The number of ether oxygens (including phenoxy) is 1. The Morgan fingerprint density at radius 1 is 1.04 bits per heavy atom. The van der Waals surface area contributed by atoms with Crippen LogP contribution in [0.4, 0.5) is 11.6 Å². The van der Waals surface area contributed by atoms with E-state index in [9.17, 15) is 4.79 Å². The van der Waals surface area contributed by atoms with E-state index in [1.165, 1.54) is 0 Å². The number of amides is 1. The molecule has 0 spiro atoms. The van der Waals surface area contributed by atoms with E-state index >= 15 is 0 Å². The zero-order valence-electron chi connectivity index (χ0n) is 14.9. The minimum absolute atomic E-state index is 0.0245. The molecular weight excluding hydrogens is 330 g/mol. The Morgan fingerprint density at radius 3 is 2.54 bits per heavy atom. The van der Waals surface area contributed by atoms with Crippen molar-refractivity contribution in [2.45, 2.75) is 12.5 Å². The highest BCUT2D eigenvalue weighted by Crippen LogP contribution is 2.25. The lowest BCUT2D eigenvalue weighted by atomic mass is 10.2. The maximum Gasteiger partial charge on any atom is 0.244 e. The molecule has 7 nitrogen and oxygen atoms in total. The third-order valence-electron chi connectivity index (χ3n) is 5.11. The first kappa shape index (κ1) is 16.8. The molecule has 26 heavy (non-hydrogen) atoms. The normalized spacial score (nSPS) is 21.3. The first-order valence-corrected chi connectivity index (χ1v) is 8.99. The summed E-state index contributed by atoms with van der Waals surface area (Å²) in [6.45, 7) is 4.07. The van der Waals surface area contributed by atoms with Crippen LogP contribution in [0.1, 0.15) is 6.42 Å². The SMILES string of the molecule is COc1ccnc(N2CCN(C3CCN(c4ccccc4)C3=O)CC2)n1. The third-order valence-corrected chi connectivity index (χ3v) is 5.11. The van der Waals surface area contributed by atoms with Crippen LogP contribution in [0.25, 0.3) is 0 Å². The predicted molar refractivity (Wildman–Crippen MR) is 99.6 cm³/mol. The van der Waals surface area contributed by atoms with Gasteiger partial charge in [-0.3, -0.25) is 9.69 Å². The molecule has 0 saturated carbocycles. The van der Waals surface area contributed by atoms with E-state index in [1.54, 1.807) is 19.4 Å². The molecule has 2 aliphatic heterocycles. The van der Waals surface area contributed by atoms with Crippen molar-refractivity contribution in [1.82, 2.24) is 14.9 Å². The Kier molecular flexibility index (Phi) is 4.71. The fourth-order valence-corrected chi connectivity index (χ4v) is 3.70. The topological polar surface area (TPSA) is 61.8 Å². The van der Waals surface area contributed by atoms with Gasteiger partial charge in [-0.05, 0) is 18.6 Å². The van der Waals surface area contributed by atoms with Gasteiger partial charge in [-0.2, -0.15) is 4.98 Å². The highest BCUT2D eigenvalue weighted by Gasteiger charge is 2.37. The summed E-state index contributed by atoms with van der Waals surface area (Å²) in [5, 5.41) is 0. The van der Waals surface area contributed by atoms with Crippen LogP contribution in [0, 0.1) is 0 Å². The molecule has 1 unspecified atom stereocenters. The molecule has 2 aliphatic rings. The predicted octanol–water partition coefficient (Wildman–Crippen LogP) is 1.41. The molecule has 1 aromatic heterocycles. The van der Waals surface area contributed by atoms with E-state index in [0.29, 0.717) is 11.8 Å². The van der Waals surface area contributed by atoms with Crippen LogP contribution in [0.5, 0.6) is 5.88 Å². The van der Waals surface area contributed by atoms with E-state index in [2.05, 4.69) is 19.8 Å². The second-order valence-electron chi connectivity index (χ2n) is 6.55. The van der Waals surface area contributed by atoms with Gasteiger partial charge >= 0.3 is 0 Å². The number of carbonyl (C=O) groups is 1.